The van der Waals surface area contributed by atoms with Gasteiger partial charge in [-0.2, -0.15) is 20.5 Å². The summed E-state index contributed by atoms with van der Waals surface area (Å²) in [4.78, 5) is 78.6. The minimum atomic E-state index is -1.68. The first-order valence-electron chi connectivity index (χ1n) is 19.8. The molecule has 4 unspecified atom stereocenters. The van der Waals surface area contributed by atoms with Gasteiger partial charge < -0.3 is 30.7 Å². The largest absolute Gasteiger partial charge is 0.494 e. The van der Waals surface area contributed by atoms with Crippen molar-refractivity contribution in [3.8, 4) is 11.5 Å². The van der Waals surface area contributed by atoms with Gasteiger partial charge in [0, 0.05) is 50.4 Å². The quantitative estimate of drug-likeness (QED) is 0.0375. The second-order valence-corrected chi connectivity index (χ2v) is 16.7. The van der Waals surface area contributed by atoms with Crippen molar-refractivity contribution in [2.75, 3.05) is 35.5 Å². The fraction of sp³-hybridized carbons (Fsp3) is 0.217. The summed E-state index contributed by atoms with van der Waals surface area (Å²) < 4.78 is 11.0. The number of nitrogens with one attached hydrogen (secondary N) is 4. The summed E-state index contributed by atoms with van der Waals surface area (Å²) in [6, 6.07) is 21.7. The molecule has 0 aliphatic heterocycles. The van der Waals surface area contributed by atoms with Crippen LogP contribution in [-0.2, 0) is 19.2 Å². The summed E-state index contributed by atoms with van der Waals surface area (Å²) >= 11 is 24.8. The van der Waals surface area contributed by atoms with E-state index in [1.807, 2.05) is 13.8 Å². The van der Waals surface area contributed by atoms with E-state index in [2.05, 4.69) is 41.7 Å². The van der Waals surface area contributed by atoms with Gasteiger partial charge in [0.1, 0.15) is 17.2 Å². The van der Waals surface area contributed by atoms with Crippen molar-refractivity contribution in [3.05, 3.63) is 129 Å². The van der Waals surface area contributed by atoms with Crippen molar-refractivity contribution in [1.82, 2.24) is 0 Å². The summed E-state index contributed by atoms with van der Waals surface area (Å²) in [7, 11) is 2.56. The van der Waals surface area contributed by atoms with E-state index in [1.54, 1.807) is 48.5 Å². The Bertz CT molecular complexity index is 2690. The zero-order valence-electron chi connectivity index (χ0n) is 36.1. The fourth-order valence-electron chi connectivity index (χ4n) is 5.99. The van der Waals surface area contributed by atoms with E-state index >= 15 is 0 Å². The Morgan fingerprint density at radius 3 is 1.24 bits per heavy atom. The van der Waals surface area contributed by atoms with E-state index in [1.165, 1.54) is 62.8 Å². The van der Waals surface area contributed by atoms with Crippen molar-refractivity contribution in [3.63, 3.8) is 0 Å². The standard InChI is InChI=1S/C46H42Cl4N8O8/c1-23(47)27-7-11-33(12-8-27)51-43(61)29-15-31(49)19-36(17-29)55-57-40(25(3)59)45(63)53-35-21-38(65-5)42(39(22-35)66-6)54-46(64)41(26(4)60)58-56-37-18-30(16-32(50)20-37)44(62)52-34-13-9-28(10-14-34)24(2)48/h7-24,40-41H,1-6H3,(H,51,61)(H,52,62)(H,53,63)(H,54,64). The number of anilines is 4. The van der Waals surface area contributed by atoms with Crippen LogP contribution in [0.3, 0.4) is 0 Å². The number of carbonyl (C=O) groups excluding carboxylic acids is 6. The van der Waals surface area contributed by atoms with E-state index in [4.69, 9.17) is 55.9 Å². The lowest BCUT2D eigenvalue weighted by atomic mass is 10.1. The van der Waals surface area contributed by atoms with Gasteiger partial charge in [-0.05, 0) is 99.5 Å². The average molecular weight is 977 g/mol. The third-order valence-corrected chi connectivity index (χ3v) is 10.4. The topological polar surface area (TPSA) is 218 Å². The van der Waals surface area contributed by atoms with Crippen LogP contribution in [-0.4, -0.2) is 61.5 Å². The number of methoxy groups -OCH3 is 2. The number of nitrogens with zero attached hydrogens (tertiary/aromatic N) is 4. The number of hydrogen-bond donors (Lipinski definition) is 4. The van der Waals surface area contributed by atoms with Crippen LogP contribution in [0.5, 0.6) is 11.5 Å². The third-order valence-electron chi connectivity index (χ3n) is 9.41. The van der Waals surface area contributed by atoms with Crippen LogP contribution in [0.2, 0.25) is 10.0 Å². The van der Waals surface area contributed by atoms with Crippen LogP contribution in [0.25, 0.3) is 0 Å². The van der Waals surface area contributed by atoms with Gasteiger partial charge in [-0.15, -0.1) is 23.2 Å². The SMILES string of the molecule is COc1cc(NC(=O)C(N=Nc2cc(Cl)cc(C(=O)Nc3ccc(C(C)Cl)cc3)c2)C(C)=O)cc(OC)c1NC(=O)C(N=Nc1cc(Cl)cc(C(=O)Nc2ccc(C(C)Cl)cc2)c1)C(C)=O. The molecular weight excluding hydrogens is 934 g/mol. The highest BCUT2D eigenvalue weighted by atomic mass is 35.5. The van der Waals surface area contributed by atoms with Crippen molar-refractivity contribution in [2.45, 2.75) is 50.5 Å². The normalized spacial score (nSPS) is 13.0. The van der Waals surface area contributed by atoms with Gasteiger partial charge in [0.2, 0.25) is 12.1 Å². The molecule has 5 aromatic rings. The molecule has 5 rings (SSSR count). The number of halogens is 4. The summed E-state index contributed by atoms with van der Waals surface area (Å²) in [5.74, 6) is -4.22. The highest BCUT2D eigenvalue weighted by Gasteiger charge is 2.28. The maximum Gasteiger partial charge on any atom is 0.259 e. The molecule has 4 atom stereocenters. The monoisotopic (exact) mass is 974 g/mol. The summed E-state index contributed by atoms with van der Waals surface area (Å²) in [6.45, 7) is 5.94. The Morgan fingerprint density at radius 2 is 0.894 bits per heavy atom. The molecule has 4 amide bonds. The number of ether oxygens (including phenoxy) is 2. The number of benzene rings is 5. The van der Waals surface area contributed by atoms with Gasteiger partial charge >= 0.3 is 0 Å². The van der Waals surface area contributed by atoms with Gasteiger partial charge in [0.15, 0.2) is 11.6 Å². The number of amides is 4. The zero-order chi connectivity index (χ0) is 48.2. The molecule has 0 aliphatic rings. The molecule has 0 bridgehead atoms. The van der Waals surface area contributed by atoms with Crippen molar-refractivity contribution >= 4 is 116 Å². The molecule has 4 N–H and O–H groups in total. The maximum atomic E-state index is 13.6. The Labute approximate surface area is 399 Å². The molecule has 20 heteroatoms. The average Bonchev–Trinajstić information content (AvgIpc) is 3.26. The lowest BCUT2D eigenvalue weighted by Crippen LogP contribution is -2.32. The van der Waals surface area contributed by atoms with E-state index in [0.29, 0.717) is 11.4 Å². The molecule has 5 aromatic carbocycles. The Kier molecular flexibility index (Phi) is 17.5. The maximum absolute atomic E-state index is 13.6. The number of hydrogen-bond acceptors (Lipinski definition) is 12. The number of ketones is 2. The molecule has 342 valence electrons. The summed E-state index contributed by atoms with van der Waals surface area (Å²) in [5.41, 5.74) is 3.24. The minimum Gasteiger partial charge on any atom is -0.494 e. The smallest absolute Gasteiger partial charge is 0.259 e. The van der Waals surface area contributed by atoms with Crippen molar-refractivity contribution in [2.24, 2.45) is 20.5 Å². The minimum absolute atomic E-state index is 0.0233. The second-order valence-electron chi connectivity index (χ2n) is 14.5. The number of alkyl halides is 2. The van der Waals surface area contributed by atoms with E-state index in [-0.39, 0.29) is 66.2 Å². The van der Waals surface area contributed by atoms with Crippen molar-refractivity contribution in [1.29, 1.82) is 0 Å². The highest BCUT2D eigenvalue weighted by molar-refractivity contribution is 6.32. The molecule has 0 saturated heterocycles. The van der Waals surface area contributed by atoms with Crippen LogP contribution in [0.1, 0.15) is 70.3 Å². The first-order valence-corrected chi connectivity index (χ1v) is 21.4. The molecule has 0 radical (unpaired) electrons. The van der Waals surface area contributed by atoms with E-state index in [0.717, 1.165) is 25.0 Å². The molecule has 0 saturated carbocycles. The van der Waals surface area contributed by atoms with Crippen LogP contribution < -0.4 is 30.7 Å². The Morgan fingerprint density at radius 1 is 0.515 bits per heavy atom. The molecule has 0 aromatic heterocycles. The Hall–Kier alpha value is -6.72. The van der Waals surface area contributed by atoms with Gasteiger partial charge in [-0.25, -0.2) is 0 Å². The number of Topliss-reactive ketones (excluding diaryl/α,β-unsaturated/α-hetero) is 2. The lowest BCUT2D eigenvalue weighted by molar-refractivity contribution is -0.127. The highest BCUT2D eigenvalue weighted by Crippen LogP contribution is 2.39. The van der Waals surface area contributed by atoms with Gasteiger partial charge in [-0.3, -0.25) is 28.8 Å². The first-order chi connectivity index (χ1) is 31.3. The predicted molar refractivity (Wildman–Crippen MR) is 255 cm³/mol. The fourth-order valence-corrected chi connectivity index (χ4v) is 6.74. The predicted octanol–water partition coefficient (Wildman–Crippen LogP) is 11.5. The van der Waals surface area contributed by atoms with Gasteiger partial charge in [-0.1, -0.05) is 47.5 Å². The molecule has 16 nitrogen and oxygen atoms in total. The molecular formula is C46H42Cl4N8O8. The molecule has 0 spiro atoms. The Balaban J connectivity index is 1.29. The number of azo groups is 2. The van der Waals surface area contributed by atoms with Crippen LogP contribution in [0, 0.1) is 0 Å². The summed E-state index contributed by atoms with van der Waals surface area (Å²) in [6.07, 6.45) is 0. The van der Waals surface area contributed by atoms with Crippen molar-refractivity contribution < 1.29 is 38.2 Å². The second kappa shape index (κ2) is 22.9. The third kappa shape index (κ3) is 13.7. The molecule has 0 fully saturated rings. The van der Waals surface area contributed by atoms with E-state index < -0.39 is 47.3 Å². The van der Waals surface area contributed by atoms with Crippen LogP contribution in [0.15, 0.2) is 118 Å². The lowest BCUT2D eigenvalue weighted by Gasteiger charge is -2.18. The number of carbonyl (C=O) groups is 6. The molecule has 0 heterocycles. The zero-order valence-corrected chi connectivity index (χ0v) is 39.1. The van der Waals surface area contributed by atoms with Crippen LogP contribution >= 0.6 is 46.4 Å². The number of rotatable bonds is 18. The molecule has 66 heavy (non-hydrogen) atoms. The van der Waals surface area contributed by atoms with Gasteiger partial charge in [0.25, 0.3) is 23.6 Å². The van der Waals surface area contributed by atoms with E-state index in [9.17, 15) is 28.8 Å². The molecule has 0 aliphatic carbocycles. The van der Waals surface area contributed by atoms with Gasteiger partial charge in [0.05, 0.1) is 36.3 Å². The summed E-state index contributed by atoms with van der Waals surface area (Å²) in [5, 5.41) is 26.6. The first kappa shape index (κ1) is 50.3. The van der Waals surface area contributed by atoms with Crippen LogP contribution in [0.4, 0.5) is 34.1 Å².